The molecule has 0 aromatic carbocycles. The first-order chi connectivity index (χ1) is 16.1. The number of carbonyl (C=O) groups excluding carboxylic acids is 1. The molecule has 9 atom stereocenters. The van der Waals surface area contributed by atoms with Gasteiger partial charge in [-0.3, -0.25) is 4.79 Å². The van der Waals surface area contributed by atoms with Gasteiger partial charge in [0.15, 0.2) is 0 Å². The number of hydrogen-bond acceptors (Lipinski definition) is 3. The molecule has 9 unspecified atom stereocenters. The largest absolute Gasteiger partial charge is 0.469 e. The third kappa shape index (κ3) is 3.03. The van der Waals surface area contributed by atoms with Crippen molar-refractivity contribution in [2.24, 2.45) is 56.2 Å². The van der Waals surface area contributed by atoms with Crippen LogP contribution in [0.4, 0.5) is 0 Å². The summed E-state index contributed by atoms with van der Waals surface area (Å²) >= 11 is 0. The van der Waals surface area contributed by atoms with Crippen LogP contribution in [0.15, 0.2) is 11.6 Å². The van der Waals surface area contributed by atoms with Crippen molar-refractivity contribution in [2.45, 2.75) is 119 Å². The summed E-state index contributed by atoms with van der Waals surface area (Å²) in [6.45, 7) is 19.7. The van der Waals surface area contributed by atoms with Gasteiger partial charge in [0.1, 0.15) is 0 Å². The minimum Gasteiger partial charge on any atom is -0.469 e. The first kappa shape index (κ1) is 25.8. The second kappa shape index (κ2) is 7.61. The number of aliphatic hydroxyl groups is 1. The van der Waals surface area contributed by atoms with Gasteiger partial charge in [-0.1, -0.05) is 67.0 Å². The summed E-state index contributed by atoms with van der Waals surface area (Å²) in [6, 6.07) is 0. The number of ether oxygens (including phenoxy) is 1. The lowest BCUT2D eigenvalue weighted by molar-refractivity contribution is -0.208. The zero-order chi connectivity index (χ0) is 25.8. The highest BCUT2D eigenvalue weighted by Gasteiger charge is 2.70. The van der Waals surface area contributed by atoms with Crippen LogP contribution in [-0.4, -0.2) is 24.3 Å². The van der Waals surface area contributed by atoms with Crippen LogP contribution in [0.5, 0.6) is 0 Å². The van der Waals surface area contributed by atoms with Gasteiger partial charge in [-0.2, -0.15) is 0 Å². The summed E-state index contributed by atoms with van der Waals surface area (Å²) in [7, 11) is 1.60. The Morgan fingerprint density at radius 3 is 2.23 bits per heavy atom. The van der Waals surface area contributed by atoms with E-state index in [0.717, 1.165) is 44.9 Å². The number of methoxy groups -OCH3 is 1. The minimum atomic E-state index is -0.351. The normalized spacial score (nSPS) is 52.2. The monoisotopic (exact) mass is 484 g/mol. The molecule has 0 spiro atoms. The van der Waals surface area contributed by atoms with Crippen molar-refractivity contribution < 1.29 is 14.6 Å². The van der Waals surface area contributed by atoms with E-state index in [1.807, 2.05) is 0 Å². The molecule has 5 aliphatic rings. The Hall–Kier alpha value is -0.830. The van der Waals surface area contributed by atoms with E-state index in [1.54, 1.807) is 12.7 Å². The van der Waals surface area contributed by atoms with E-state index >= 15 is 0 Å². The van der Waals surface area contributed by atoms with Gasteiger partial charge in [-0.15, -0.1) is 0 Å². The van der Waals surface area contributed by atoms with E-state index in [2.05, 4.69) is 61.5 Å². The Labute approximate surface area is 214 Å². The van der Waals surface area contributed by atoms with Crippen molar-refractivity contribution in [3.8, 4) is 0 Å². The van der Waals surface area contributed by atoms with E-state index in [9.17, 15) is 9.90 Å². The molecular formula is C32H52O3. The Morgan fingerprint density at radius 2 is 1.57 bits per heavy atom. The van der Waals surface area contributed by atoms with E-state index in [4.69, 9.17) is 4.74 Å². The van der Waals surface area contributed by atoms with Gasteiger partial charge >= 0.3 is 5.97 Å². The van der Waals surface area contributed by atoms with Gasteiger partial charge in [0.2, 0.25) is 0 Å². The molecule has 0 aromatic rings. The standard InChI is InChI=1S/C32H52O3/c1-20-25-21-10-11-23-29(6)14-13-24(33)28(4,5)22(29)12-15-31(23,8)30(21,7)17-19-32(25,26(34)35-9)18-16-27(20,2)3/h10,20,22-25,33H,11-19H2,1-9H3. The van der Waals surface area contributed by atoms with Crippen LogP contribution in [0.3, 0.4) is 0 Å². The van der Waals surface area contributed by atoms with Crippen molar-refractivity contribution in [3.05, 3.63) is 11.6 Å². The zero-order valence-electron chi connectivity index (χ0n) is 24.1. The van der Waals surface area contributed by atoms with Crippen LogP contribution in [0.2, 0.25) is 0 Å². The molecule has 5 rings (SSSR count). The molecule has 0 bridgehead atoms. The number of allylic oxidation sites excluding steroid dienone is 2. The van der Waals surface area contributed by atoms with Crippen LogP contribution in [0, 0.1) is 56.2 Å². The van der Waals surface area contributed by atoms with Gasteiger partial charge in [0.05, 0.1) is 18.6 Å². The first-order valence-electron chi connectivity index (χ1n) is 14.6. The second-order valence-electron chi connectivity index (χ2n) is 15.6. The maximum atomic E-state index is 13.5. The van der Waals surface area contributed by atoms with Gasteiger partial charge in [0.25, 0.3) is 0 Å². The van der Waals surface area contributed by atoms with Gasteiger partial charge in [0, 0.05) is 0 Å². The van der Waals surface area contributed by atoms with Crippen LogP contribution < -0.4 is 0 Å². The quantitative estimate of drug-likeness (QED) is 0.308. The van der Waals surface area contributed by atoms with Gasteiger partial charge in [-0.25, -0.2) is 0 Å². The molecule has 5 aliphatic carbocycles. The zero-order valence-corrected chi connectivity index (χ0v) is 24.1. The summed E-state index contributed by atoms with van der Waals surface area (Å²) in [5, 5.41) is 10.9. The van der Waals surface area contributed by atoms with Gasteiger partial charge in [-0.05, 0) is 109 Å². The Balaban J connectivity index is 1.63. The van der Waals surface area contributed by atoms with Gasteiger partial charge < -0.3 is 9.84 Å². The summed E-state index contributed by atoms with van der Waals surface area (Å²) in [5.74, 6) is 1.98. The Bertz CT molecular complexity index is 931. The first-order valence-corrected chi connectivity index (χ1v) is 14.6. The summed E-state index contributed by atoms with van der Waals surface area (Å²) < 4.78 is 5.54. The highest BCUT2D eigenvalue weighted by Crippen LogP contribution is 2.76. The van der Waals surface area contributed by atoms with E-state index in [-0.39, 0.29) is 50.5 Å². The lowest BCUT2D eigenvalue weighted by Crippen LogP contribution is -2.65. The fourth-order valence-corrected chi connectivity index (χ4v) is 11.1. The average Bonchev–Trinajstić information content (AvgIpc) is 2.79. The fourth-order valence-electron chi connectivity index (χ4n) is 11.1. The predicted octanol–water partition coefficient (Wildman–Crippen LogP) is 7.57. The molecule has 0 heterocycles. The molecule has 0 radical (unpaired) electrons. The molecule has 4 saturated carbocycles. The van der Waals surface area contributed by atoms with E-state index < -0.39 is 0 Å². The lowest BCUT2D eigenvalue weighted by Gasteiger charge is -2.71. The lowest BCUT2D eigenvalue weighted by atomic mass is 9.33. The Kier molecular flexibility index (Phi) is 5.61. The Morgan fingerprint density at radius 1 is 0.914 bits per heavy atom. The van der Waals surface area contributed by atoms with Crippen molar-refractivity contribution in [1.29, 1.82) is 0 Å². The molecule has 1 N–H and O–H groups in total. The molecule has 3 heteroatoms. The molecule has 35 heavy (non-hydrogen) atoms. The number of rotatable bonds is 1. The molecule has 4 fully saturated rings. The topological polar surface area (TPSA) is 46.5 Å². The van der Waals surface area contributed by atoms with Crippen molar-refractivity contribution >= 4 is 5.97 Å². The molecular weight excluding hydrogens is 432 g/mol. The fraction of sp³-hybridized carbons (Fsp3) is 0.906. The minimum absolute atomic E-state index is 0.0201. The second-order valence-corrected chi connectivity index (χ2v) is 15.6. The number of aliphatic hydroxyl groups excluding tert-OH is 1. The summed E-state index contributed by atoms with van der Waals surface area (Å²) in [4.78, 5) is 13.5. The van der Waals surface area contributed by atoms with Crippen LogP contribution in [0.25, 0.3) is 0 Å². The molecule has 3 nitrogen and oxygen atoms in total. The molecule has 0 amide bonds. The average molecular weight is 485 g/mol. The maximum Gasteiger partial charge on any atom is 0.312 e. The molecule has 0 aliphatic heterocycles. The van der Waals surface area contributed by atoms with E-state index in [1.165, 1.54) is 12.8 Å². The smallest absolute Gasteiger partial charge is 0.312 e. The summed E-state index contributed by atoms with van der Waals surface area (Å²) in [5.41, 5.74) is 2.06. The summed E-state index contributed by atoms with van der Waals surface area (Å²) in [6.07, 6.45) is 12.2. The third-order valence-electron chi connectivity index (χ3n) is 14.0. The highest BCUT2D eigenvalue weighted by atomic mass is 16.5. The number of hydrogen-bond donors (Lipinski definition) is 1. The molecule has 0 saturated heterocycles. The number of esters is 1. The highest BCUT2D eigenvalue weighted by molar-refractivity contribution is 5.78. The van der Waals surface area contributed by atoms with Crippen molar-refractivity contribution in [2.75, 3.05) is 7.11 Å². The maximum absolute atomic E-state index is 13.5. The number of fused-ring (bicyclic) bond motifs is 7. The number of carbonyl (C=O) groups is 1. The van der Waals surface area contributed by atoms with Crippen molar-refractivity contribution in [1.82, 2.24) is 0 Å². The van der Waals surface area contributed by atoms with Crippen LogP contribution >= 0.6 is 0 Å². The van der Waals surface area contributed by atoms with Crippen molar-refractivity contribution in [3.63, 3.8) is 0 Å². The SMILES string of the molecule is COC(=O)C12CCC(C)(C)C(C)C1C1=CCC3C4(C)CCC(O)C(C)(C)C4CCC3(C)C1(C)CC2. The van der Waals surface area contributed by atoms with Crippen LogP contribution in [0.1, 0.15) is 113 Å². The third-order valence-corrected chi connectivity index (χ3v) is 14.0. The van der Waals surface area contributed by atoms with E-state index in [0.29, 0.717) is 17.8 Å². The molecule has 198 valence electrons. The van der Waals surface area contributed by atoms with Crippen LogP contribution in [-0.2, 0) is 9.53 Å². The predicted molar refractivity (Wildman–Crippen MR) is 142 cm³/mol. The molecule has 0 aromatic heterocycles.